The van der Waals surface area contributed by atoms with Gasteiger partial charge in [-0.05, 0) is 49.9 Å². The standard InChI is InChI=1S/C24H40N4O2/c1-3-4-5-6-7-8-17-26-24(30)27-18-14-23(15-19-27)28(20(2)29)22-11-9-21(10-12-22)13-16-25/h9-12,23H,3-8,13-19,25H2,1-2H3,(H,26,30). The molecule has 0 radical (unpaired) electrons. The first-order chi connectivity index (χ1) is 14.6. The van der Waals surface area contributed by atoms with Crippen LogP contribution in [0.25, 0.3) is 0 Å². The molecule has 1 aromatic rings. The van der Waals surface area contributed by atoms with Crippen LogP contribution in [0.1, 0.15) is 70.8 Å². The fourth-order valence-electron chi connectivity index (χ4n) is 4.18. The van der Waals surface area contributed by atoms with Crippen LogP contribution in [0.3, 0.4) is 0 Å². The summed E-state index contributed by atoms with van der Waals surface area (Å²) in [6, 6.07) is 8.26. The summed E-state index contributed by atoms with van der Waals surface area (Å²) >= 11 is 0. The lowest BCUT2D eigenvalue weighted by molar-refractivity contribution is -0.117. The summed E-state index contributed by atoms with van der Waals surface area (Å²) in [6.45, 7) is 6.57. The first-order valence-corrected chi connectivity index (χ1v) is 11.7. The smallest absolute Gasteiger partial charge is 0.317 e. The first kappa shape index (κ1) is 24.2. The largest absolute Gasteiger partial charge is 0.338 e. The van der Waals surface area contributed by atoms with Crippen molar-refractivity contribution >= 4 is 17.6 Å². The van der Waals surface area contributed by atoms with E-state index in [9.17, 15) is 9.59 Å². The maximum atomic E-state index is 12.4. The molecule has 0 atom stereocenters. The second-order valence-electron chi connectivity index (χ2n) is 8.31. The third-order valence-corrected chi connectivity index (χ3v) is 5.91. The number of unbranched alkanes of at least 4 members (excludes halogenated alkanes) is 5. The SMILES string of the molecule is CCCCCCCCNC(=O)N1CCC(N(C(C)=O)c2ccc(CCN)cc2)CC1. The molecule has 0 spiro atoms. The van der Waals surface area contributed by atoms with Crippen molar-refractivity contribution in [1.29, 1.82) is 0 Å². The number of amides is 3. The zero-order chi connectivity index (χ0) is 21.8. The number of likely N-dealkylation sites (tertiary alicyclic amines) is 1. The van der Waals surface area contributed by atoms with Crippen LogP contribution in [0.4, 0.5) is 10.5 Å². The number of anilines is 1. The van der Waals surface area contributed by atoms with Crippen molar-refractivity contribution in [3.8, 4) is 0 Å². The fraction of sp³-hybridized carbons (Fsp3) is 0.667. The highest BCUT2D eigenvalue weighted by atomic mass is 16.2. The summed E-state index contributed by atoms with van der Waals surface area (Å²) in [5.74, 6) is 0.0487. The normalized spacial score (nSPS) is 14.6. The molecule has 1 saturated heterocycles. The number of benzene rings is 1. The minimum atomic E-state index is 0.0301. The minimum absolute atomic E-state index is 0.0301. The first-order valence-electron chi connectivity index (χ1n) is 11.7. The Morgan fingerprint density at radius 3 is 2.30 bits per heavy atom. The van der Waals surface area contributed by atoms with E-state index < -0.39 is 0 Å². The molecule has 0 aromatic heterocycles. The number of rotatable bonds is 11. The average Bonchev–Trinajstić information content (AvgIpc) is 2.75. The molecule has 1 heterocycles. The van der Waals surface area contributed by atoms with Crippen molar-refractivity contribution in [3.63, 3.8) is 0 Å². The number of nitrogens with one attached hydrogen (secondary N) is 1. The summed E-state index contributed by atoms with van der Waals surface area (Å²) in [4.78, 5) is 28.6. The Labute approximate surface area is 182 Å². The van der Waals surface area contributed by atoms with Gasteiger partial charge in [-0.15, -0.1) is 0 Å². The van der Waals surface area contributed by atoms with E-state index in [1.54, 1.807) is 6.92 Å². The number of piperidine rings is 1. The van der Waals surface area contributed by atoms with Gasteiger partial charge in [-0.2, -0.15) is 0 Å². The summed E-state index contributed by atoms with van der Waals surface area (Å²) in [5, 5.41) is 3.06. The van der Waals surface area contributed by atoms with Crippen molar-refractivity contribution in [2.75, 3.05) is 31.1 Å². The fourth-order valence-corrected chi connectivity index (χ4v) is 4.18. The number of urea groups is 1. The van der Waals surface area contributed by atoms with Crippen LogP contribution in [0.5, 0.6) is 0 Å². The van der Waals surface area contributed by atoms with Crippen LogP contribution in [-0.2, 0) is 11.2 Å². The Hall–Kier alpha value is -2.08. The van der Waals surface area contributed by atoms with E-state index in [0.29, 0.717) is 19.6 Å². The molecule has 6 nitrogen and oxygen atoms in total. The van der Waals surface area contributed by atoms with Crippen molar-refractivity contribution in [2.45, 2.75) is 77.7 Å². The lowest BCUT2D eigenvalue weighted by Crippen LogP contribution is -2.50. The highest BCUT2D eigenvalue weighted by Crippen LogP contribution is 2.24. The van der Waals surface area contributed by atoms with Gasteiger partial charge in [0.2, 0.25) is 5.91 Å². The number of carbonyl (C=O) groups excluding carboxylic acids is 2. The molecule has 3 N–H and O–H groups in total. The van der Waals surface area contributed by atoms with Crippen molar-refractivity contribution in [3.05, 3.63) is 29.8 Å². The Bertz CT molecular complexity index is 639. The van der Waals surface area contributed by atoms with Gasteiger partial charge < -0.3 is 20.9 Å². The Morgan fingerprint density at radius 2 is 1.70 bits per heavy atom. The zero-order valence-corrected chi connectivity index (χ0v) is 18.9. The van der Waals surface area contributed by atoms with Crippen LogP contribution in [0.15, 0.2) is 24.3 Å². The highest BCUT2D eigenvalue weighted by molar-refractivity contribution is 5.92. The molecule has 0 unspecified atom stereocenters. The second kappa shape index (κ2) is 13.3. The Morgan fingerprint density at radius 1 is 1.07 bits per heavy atom. The molecule has 1 aromatic carbocycles. The molecule has 0 aliphatic carbocycles. The van der Waals surface area contributed by atoms with E-state index in [-0.39, 0.29) is 18.0 Å². The van der Waals surface area contributed by atoms with E-state index in [4.69, 9.17) is 5.73 Å². The van der Waals surface area contributed by atoms with Crippen LogP contribution in [0, 0.1) is 0 Å². The molecule has 3 amide bonds. The van der Waals surface area contributed by atoms with Gasteiger partial charge >= 0.3 is 6.03 Å². The van der Waals surface area contributed by atoms with Gasteiger partial charge in [-0.1, -0.05) is 51.2 Å². The third-order valence-electron chi connectivity index (χ3n) is 5.91. The summed E-state index contributed by atoms with van der Waals surface area (Å²) in [5.41, 5.74) is 7.73. The molecule has 1 fully saturated rings. The molecular weight excluding hydrogens is 376 g/mol. The van der Waals surface area contributed by atoms with E-state index in [2.05, 4.69) is 12.2 Å². The summed E-state index contributed by atoms with van der Waals surface area (Å²) < 4.78 is 0. The number of hydrogen-bond donors (Lipinski definition) is 2. The monoisotopic (exact) mass is 416 g/mol. The van der Waals surface area contributed by atoms with Gasteiger partial charge in [0.15, 0.2) is 0 Å². The molecule has 1 aliphatic rings. The van der Waals surface area contributed by atoms with Crippen molar-refractivity contribution < 1.29 is 9.59 Å². The quantitative estimate of drug-likeness (QED) is 0.534. The van der Waals surface area contributed by atoms with Gasteiger partial charge in [0.05, 0.1) is 0 Å². The summed E-state index contributed by atoms with van der Waals surface area (Å²) in [7, 11) is 0. The lowest BCUT2D eigenvalue weighted by atomic mass is 10.0. The molecule has 2 rings (SSSR count). The molecule has 6 heteroatoms. The van der Waals surface area contributed by atoms with E-state index in [0.717, 1.165) is 37.9 Å². The van der Waals surface area contributed by atoms with Gasteiger partial charge in [0.1, 0.15) is 0 Å². The minimum Gasteiger partial charge on any atom is -0.338 e. The number of nitrogens with two attached hydrogens (primary N) is 1. The van der Waals surface area contributed by atoms with Crippen LogP contribution in [-0.4, -0.2) is 49.1 Å². The van der Waals surface area contributed by atoms with Crippen molar-refractivity contribution in [2.24, 2.45) is 5.73 Å². The van der Waals surface area contributed by atoms with Gasteiger partial charge in [0, 0.05) is 38.3 Å². The topological polar surface area (TPSA) is 78.7 Å². The van der Waals surface area contributed by atoms with Gasteiger partial charge in [-0.3, -0.25) is 4.79 Å². The number of nitrogens with zero attached hydrogens (tertiary/aromatic N) is 2. The van der Waals surface area contributed by atoms with E-state index >= 15 is 0 Å². The number of hydrogen-bond acceptors (Lipinski definition) is 3. The third kappa shape index (κ3) is 7.63. The molecule has 0 saturated carbocycles. The van der Waals surface area contributed by atoms with Gasteiger partial charge in [0.25, 0.3) is 0 Å². The van der Waals surface area contributed by atoms with Gasteiger partial charge in [-0.25, -0.2) is 4.79 Å². The van der Waals surface area contributed by atoms with E-state index in [1.807, 2.05) is 34.1 Å². The van der Waals surface area contributed by atoms with Crippen LogP contribution in [0.2, 0.25) is 0 Å². The van der Waals surface area contributed by atoms with Crippen LogP contribution >= 0.6 is 0 Å². The second-order valence-corrected chi connectivity index (χ2v) is 8.31. The number of carbonyl (C=O) groups is 2. The lowest BCUT2D eigenvalue weighted by Gasteiger charge is -2.38. The maximum Gasteiger partial charge on any atom is 0.317 e. The molecule has 30 heavy (non-hydrogen) atoms. The predicted molar refractivity (Wildman–Crippen MR) is 124 cm³/mol. The highest BCUT2D eigenvalue weighted by Gasteiger charge is 2.29. The molecule has 0 bridgehead atoms. The maximum absolute atomic E-state index is 12.4. The average molecular weight is 417 g/mol. The Balaban J connectivity index is 1.78. The Kier molecular flexibility index (Phi) is 10.7. The van der Waals surface area contributed by atoms with E-state index in [1.165, 1.54) is 37.7 Å². The molecule has 1 aliphatic heterocycles. The molecular formula is C24H40N4O2. The predicted octanol–water partition coefficient (Wildman–Crippen LogP) is 4.08. The summed E-state index contributed by atoms with van der Waals surface area (Å²) in [6.07, 6.45) is 9.77. The molecule has 168 valence electrons. The van der Waals surface area contributed by atoms with Crippen LogP contribution < -0.4 is 16.0 Å². The van der Waals surface area contributed by atoms with Crippen molar-refractivity contribution in [1.82, 2.24) is 10.2 Å². The zero-order valence-electron chi connectivity index (χ0n) is 18.9.